The molecule has 0 saturated heterocycles. The van der Waals surface area contributed by atoms with Gasteiger partial charge < -0.3 is 0 Å². The topological polar surface area (TPSA) is 0 Å². The molecule has 1 aliphatic carbocycles. The van der Waals surface area contributed by atoms with Crippen molar-refractivity contribution in [2.45, 2.75) is 53.4 Å². The maximum Gasteiger partial charge on any atom is 0.0379 e. The molecule has 56 valence electrons. The zero-order chi connectivity index (χ0) is 5.54. The molecule has 0 spiro atoms. The second-order valence-corrected chi connectivity index (χ2v) is 2.12. The van der Waals surface area contributed by atoms with Gasteiger partial charge in [0.15, 0.2) is 0 Å². The standard InChI is InChI=1S/C4H8.C3H8.CH4.BH/c1-2-4-3-1;1-3-2;;/h1-4H2;3H2,1-2H3;1H4;1H. The molecular formula is C8H21B. The molecule has 0 N–H and O–H groups in total. The van der Waals surface area contributed by atoms with Gasteiger partial charge in [-0.2, -0.15) is 0 Å². The number of hydrogen-bond acceptors (Lipinski definition) is 0. The van der Waals surface area contributed by atoms with E-state index in [2.05, 4.69) is 13.8 Å². The molecule has 0 atom stereocenters. The van der Waals surface area contributed by atoms with E-state index in [1.165, 1.54) is 32.1 Å². The highest BCUT2D eigenvalue weighted by Crippen LogP contribution is 2.15. The second-order valence-electron chi connectivity index (χ2n) is 2.12. The molecule has 0 unspecified atom stereocenters. The number of rotatable bonds is 0. The molecule has 2 radical (unpaired) electrons. The van der Waals surface area contributed by atoms with E-state index >= 15 is 0 Å². The molecule has 1 rings (SSSR count). The van der Waals surface area contributed by atoms with Crippen LogP contribution in [0.5, 0.6) is 0 Å². The van der Waals surface area contributed by atoms with Gasteiger partial charge in [0.25, 0.3) is 0 Å². The molecule has 1 saturated carbocycles. The fourth-order valence-corrected chi connectivity index (χ4v) is 0.250. The third-order valence-electron chi connectivity index (χ3n) is 1.000. The molecule has 0 bridgehead atoms. The van der Waals surface area contributed by atoms with E-state index in [4.69, 9.17) is 0 Å². The summed E-state index contributed by atoms with van der Waals surface area (Å²) in [6.07, 6.45) is 7.25. The lowest BCUT2D eigenvalue weighted by Gasteiger charge is -2.05. The molecule has 9 heavy (non-hydrogen) atoms. The van der Waals surface area contributed by atoms with Gasteiger partial charge in [-0.15, -0.1) is 0 Å². The normalized spacial score (nSPS) is 12.7. The van der Waals surface area contributed by atoms with E-state index in [1.54, 1.807) is 0 Å². The van der Waals surface area contributed by atoms with Crippen LogP contribution in [0, 0.1) is 0 Å². The van der Waals surface area contributed by atoms with Crippen LogP contribution in [0.3, 0.4) is 0 Å². The van der Waals surface area contributed by atoms with Crippen LogP contribution in [0.2, 0.25) is 0 Å². The molecular weight excluding hydrogens is 107 g/mol. The van der Waals surface area contributed by atoms with Crippen LogP contribution >= 0.6 is 0 Å². The Morgan fingerprint density at radius 3 is 1.00 bits per heavy atom. The zero-order valence-corrected chi connectivity index (χ0v) is 6.24. The van der Waals surface area contributed by atoms with Gasteiger partial charge in [0.2, 0.25) is 0 Å². The van der Waals surface area contributed by atoms with Gasteiger partial charge in [-0.1, -0.05) is 53.4 Å². The summed E-state index contributed by atoms with van der Waals surface area (Å²) in [6, 6.07) is 0. The first-order valence-electron chi connectivity index (χ1n) is 3.41. The average Bonchev–Trinajstić information content (AvgIpc) is 1.27. The summed E-state index contributed by atoms with van der Waals surface area (Å²) in [5.41, 5.74) is 0. The van der Waals surface area contributed by atoms with E-state index in [0.29, 0.717) is 0 Å². The highest BCUT2D eigenvalue weighted by molar-refractivity contribution is 5.75. The maximum atomic E-state index is 2.12. The molecule has 1 heteroatoms. The van der Waals surface area contributed by atoms with Crippen molar-refractivity contribution in [3.05, 3.63) is 0 Å². The quantitative estimate of drug-likeness (QED) is 0.440. The third-order valence-corrected chi connectivity index (χ3v) is 1.000. The van der Waals surface area contributed by atoms with Gasteiger partial charge in [-0.25, -0.2) is 0 Å². The Morgan fingerprint density at radius 2 is 1.00 bits per heavy atom. The molecule has 1 aliphatic rings. The molecule has 1 fully saturated rings. The summed E-state index contributed by atoms with van der Waals surface area (Å²) in [5, 5.41) is 0. The van der Waals surface area contributed by atoms with E-state index in [1.807, 2.05) is 0 Å². The first-order valence-corrected chi connectivity index (χ1v) is 3.41. The summed E-state index contributed by atoms with van der Waals surface area (Å²) < 4.78 is 0. The first kappa shape index (κ1) is 16.0. The van der Waals surface area contributed by atoms with Gasteiger partial charge in [0, 0.05) is 8.41 Å². The van der Waals surface area contributed by atoms with Crippen LogP contribution < -0.4 is 0 Å². The van der Waals surface area contributed by atoms with Crippen LogP contribution in [-0.2, 0) is 0 Å². The van der Waals surface area contributed by atoms with E-state index < -0.39 is 0 Å². The second kappa shape index (κ2) is 15.7. The van der Waals surface area contributed by atoms with Crippen molar-refractivity contribution in [3.63, 3.8) is 0 Å². The maximum absolute atomic E-state index is 2.12. The highest BCUT2D eigenvalue weighted by Gasteiger charge is 1.95. The highest BCUT2D eigenvalue weighted by atomic mass is 14.0. The predicted octanol–water partition coefficient (Wildman–Crippen LogP) is 2.96. The van der Waals surface area contributed by atoms with Crippen LogP contribution in [-0.4, -0.2) is 8.41 Å². The van der Waals surface area contributed by atoms with Crippen molar-refractivity contribution in [2.24, 2.45) is 0 Å². The van der Waals surface area contributed by atoms with Gasteiger partial charge in [-0.3, -0.25) is 0 Å². The Kier molecular flexibility index (Phi) is 27.9. The van der Waals surface area contributed by atoms with Crippen LogP contribution in [0.15, 0.2) is 0 Å². The Morgan fingerprint density at radius 1 is 0.889 bits per heavy atom. The van der Waals surface area contributed by atoms with Crippen molar-refractivity contribution in [2.75, 3.05) is 0 Å². The summed E-state index contributed by atoms with van der Waals surface area (Å²) >= 11 is 0. The minimum Gasteiger partial charge on any atom is -0.0776 e. The van der Waals surface area contributed by atoms with Crippen molar-refractivity contribution in [1.29, 1.82) is 0 Å². The van der Waals surface area contributed by atoms with Gasteiger partial charge >= 0.3 is 0 Å². The Bertz CT molecular complexity index is 19.7. The summed E-state index contributed by atoms with van der Waals surface area (Å²) in [6.45, 7) is 4.25. The molecule has 0 aromatic rings. The summed E-state index contributed by atoms with van der Waals surface area (Å²) in [4.78, 5) is 0. The Labute approximate surface area is 62.6 Å². The largest absolute Gasteiger partial charge is 0.0776 e. The molecule has 0 aromatic heterocycles. The smallest absolute Gasteiger partial charge is 0.0379 e. The SMILES string of the molecule is C.C1CCC1.CCC.[BH]. The Hall–Kier alpha value is 0.0649. The average molecular weight is 128 g/mol. The molecule has 0 aromatic carbocycles. The molecule has 0 heterocycles. The predicted molar refractivity (Wildman–Crippen MR) is 48.3 cm³/mol. The summed E-state index contributed by atoms with van der Waals surface area (Å²) in [5.74, 6) is 0. The third kappa shape index (κ3) is 18.0. The molecule has 0 amide bonds. The zero-order valence-electron chi connectivity index (χ0n) is 6.24. The molecule has 0 aliphatic heterocycles. The minimum atomic E-state index is 0. The van der Waals surface area contributed by atoms with Crippen molar-refractivity contribution in [3.8, 4) is 0 Å². The fourth-order valence-electron chi connectivity index (χ4n) is 0.250. The Balaban J connectivity index is -0.0000000680. The minimum absolute atomic E-state index is 0. The number of hydrogen-bond donors (Lipinski definition) is 0. The van der Waals surface area contributed by atoms with E-state index in [0.717, 1.165) is 0 Å². The van der Waals surface area contributed by atoms with Crippen molar-refractivity contribution < 1.29 is 0 Å². The van der Waals surface area contributed by atoms with E-state index in [-0.39, 0.29) is 15.8 Å². The lowest BCUT2D eigenvalue weighted by molar-refractivity contribution is 0.504. The van der Waals surface area contributed by atoms with Crippen molar-refractivity contribution in [1.82, 2.24) is 0 Å². The van der Waals surface area contributed by atoms with Crippen LogP contribution in [0.25, 0.3) is 0 Å². The van der Waals surface area contributed by atoms with Crippen LogP contribution in [0.1, 0.15) is 53.4 Å². The first-order chi connectivity index (χ1) is 3.41. The lowest BCUT2D eigenvalue weighted by atomic mass is 10.0. The monoisotopic (exact) mass is 128 g/mol. The lowest BCUT2D eigenvalue weighted by Crippen LogP contribution is -1.85. The summed E-state index contributed by atoms with van der Waals surface area (Å²) in [7, 11) is 0. The van der Waals surface area contributed by atoms with Gasteiger partial charge in [0.05, 0.1) is 0 Å². The fraction of sp³-hybridized carbons (Fsp3) is 1.00. The van der Waals surface area contributed by atoms with E-state index in [9.17, 15) is 0 Å². The molecule has 0 nitrogen and oxygen atoms in total. The van der Waals surface area contributed by atoms with Crippen LogP contribution in [0.4, 0.5) is 0 Å². The van der Waals surface area contributed by atoms with Gasteiger partial charge in [-0.05, 0) is 0 Å². The van der Waals surface area contributed by atoms with Crippen molar-refractivity contribution >= 4 is 8.41 Å². The van der Waals surface area contributed by atoms with Gasteiger partial charge in [0.1, 0.15) is 0 Å².